The van der Waals surface area contributed by atoms with Crippen LogP contribution in [0.2, 0.25) is 0 Å². The molecule has 1 saturated heterocycles. The first-order valence-corrected chi connectivity index (χ1v) is 10.1. The minimum atomic E-state index is -3.16. The van der Waals surface area contributed by atoms with E-state index in [0.29, 0.717) is 11.5 Å². The Kier molecular flexibility index (Phi) is 7.57. The number of nitriles is 1. The standard InChI is InChI=1S/C22H21F2N5O5/c1-33-15-2-4-16(5-3-15)34-12-19(30)28-18-10-26-7-6-17(18)21(32)27-11-20(31)29-13-22(23,24)8-14(29)9-25/h2-7,10,14H,8,11-13H2,1H3,(H,27,32)(H,28,30). The number of likely N-dealkylation sites (tertiary alicyclic amines) is 1. The van der Waals surface area contributed by atoms with Gasteiger partial charge in [0.25, 0.3) is 17.7 Å². The second-order valence-corrected chi connectivity index (χ2v) is 7.34. The van der Waals surface area contributed by atoms with E-state index in [9.17, 15) is 23.2 Å². The van der Waals surface area contributed by atoms with Crippen LogP contribution in [0.5, 0.6) is 11.5 Å². The fourth-order valence-corrected chi connectivity index (χ4v) is 3.25. The van der Waals surface area contributed by atoms with Crippen LogP contribution in [0.3, 0.4) is 0 Å². The summed E-state index contributed by atoms with van der Waals surface area (Å²) in [7, 11) is 1.52. The van der Waals surface area contributed by atoms with Crippen molar-refractivity contribution in [2.45, 2.75) is 18.4 Å². The molecule has 10 nitrogen and oxygen atoms in total. The summed E-state index contributed by atoms with van der Waals surface area (Å²) < 4.78 is 37.5. The Balaban J connectivity index is 1.56. The van der Waals surface area contributed by atoms with E-state index in [-0.39, 0.29) is 17.9 Å². The minimum Gasteiger partial charge on any atom is -0.497 e. The second kappa shape index (κ2) is 10.6. The molecule has 1 aromatic heterocycles. The van der Waals surface area contributed by atoms with Gasteiger partial charge in [-0.2, -0.15) is 5.26 Å². The third-order valence-electron chi connectivity index (χ3n) is 4.91. The third-order valence-corrected chi connectivity index (χ3v) is 4.91. The molecule has 34 heavy (non-hydrogen) atoms. The molecule has 0 saturated carbocycles. The van der Waals surface area contributed by atoms with Crippen molar-refractivity contribution in [3.63, 3.8) is 0 Å². The number of nitrogens with zero attached hydrogens (tertiary/aromatic N) is 3. The topological polar surface area (TPSA) is 134 Å². The summed E-state index contributed by atoms with van der Waals surface area (Å²) in [6.45, 7) is -1.83. The number of pyridine rings is 1. The number of carbonyl (C=O) groups is 3. The number of carbonyl (C=O) groups excluding carboxylic acids is 3. The average molecular weight is 473 g/mol. The van der Waals surface area contributed by atoms with E-state index in [1.807, 2.05) is 0 Å². The summed E-state index contributed by atoms with van der Waals surface area (Å²) in [5.41, 5.74) is 0.0718. The largest absolute Gasteiger partial charge is 0.497 e. The molecule has 2 heterocycles. The van der Waals surface area contributed by atoms with Gasteiger partial charge in [0.15, 0.2) is 6.61 Å². The predicted molar refractivity (Wildman–Crippen MR) is 114 cm³/mol. The molecule has 1 fully saturated rings. The van der Waals surface area contributed by atoms with E-state index in [1.165, 1.54) is 25.6 Å². The highest BCUT2D eigenvalue weighted by atomic mass is 19.3. The summed E-state index contributed by atoms with van der Waals surface area (Å²) in [4.78, 5) is 41.7. The van der Waals surface area contributed by atoms with Gasteiger partial charge in [-0.05, 0) is 30.3 Å². The fourth-order valence-electron chi connectivity index (χ4n) is 3.25. The number of aromatic nitrogens is 1. The quantitative estimate of drug-likeness (QED) is 0.595. The van der Waals surface area contributed by atoms with Gasteiger partial charge in [-0.15, -0.1) is 0 Å². The first-order valence-electron chi connectivity index (χ1n) is 10.1. The van der Waals surface area contributed by atoms with Gasteiger partial charge >= 0.3 is 0 Å². The Morgan fingerprint density at radius 2 is 1.94 bits per heavy atom. The number of hydrogen-bond donors (Lipinski definition) is 2. The first-order chi connectivity index (χ1) is 16.2. The Morgan fingerprint density at radius 3 is 2.62 bits per heavy atom. The van der Waals surface area contributed by atoms with Gasteiger partial charge in [0, 0.05) is 12.6 Å². The van der Waals surface area contributed by atoms with Crippen LogP contribution in [0.15, 0.2) is 42.7 Å². The molecule has 178 valence electrons. The number of alkyl halides is 2. The molecule has 0 aliphatic carbocycles. The van der Waals surface area contributed by atoms with E-state index in [4.69, 9.17) is 14.7 Å². The van der Waals surface area contributed by atoms with Crippen LogP contribution in [0.4, 0.5) is 14.5 Å². The van der Waals surface area contributed by atoms with Crippen LogP contribution in [-0.2, 0) is 9.59 Å². The lowest BCUT2D eigenvalue weighted by molar-refractivity contribution is -0.131. The molecule has 2 N–H and O–H groups in total. The Bertz CT molecular complexity index is 1100. The number of rotatable bonds is 8. The lowest BCUT2D eigenvalue weighted by Crippen LogP contribution is -2.43. The van der Waals surface area contributed by atoms with Crippen LogP contribution >= 0.6 is 0 Å². The Labute approximate surface area is 193 Å². The van der Waals surface area contributed by atoms with Crippen molar-refractivity contribution in [3.8, 4) is 17.6 Å². The highest BCUT2D eigenvalue weighted by molar-refractivity contribution is 6.04. The molecule has 1 atom stereocenters. The highest BCUT2D eigenvalue weighted by Crippen LogP contribution is 2.31. The van der Waals surface area contributed by atoms with E-state index < -0.39 is 49.2 Å². The molecule has 3 amide bonds. The second-order valence-electron chi connectivity index (χ2n) is 7.34. The number of ether oxygens (including phenoxy) is 2. The van der Waals surface area contributed by atoms with Crippen LogP contribution in [0.25, 0.3) is 0 Å². The molecule has 3 rings (SSSR count). The lowest BCUT2D eigenvalue weighted by Gasteiger charge is -2.19. The molecule has 12 heteroatoms. The summed E-state index contributed by atoms with van der Waals surface area (Å²) >= 11 is 0. The maximum Gasteiger partial charge on any atom is 0.268 e. The normalized spacial score (nSPS) is 16.3. The number of hydrogen-bond acceptors (Lipinski definition) is 7. The molecular formula is C22H21F2N5O5. The van der Waals surface area contributed by atoms with Gasteiger partial charge in [0.2, 0.25) is 5.91 Å². The molecule has 2 aromatic rings. The van der Waals surface area contributed by atoms with Crippen molar-refractivity contribution in [2.75, 3.05) is 32.1 Å². The zero-order chi connectivity index (χ0) is 24.7. The Morgan fingerprint density at radius 1 is 1.24 bits per heavy atom. The van der Waals surface area contributed by atoms with Gasteiger partial charge in [0.05, 0.1) is 43.7 Å². The van der Waals surface area contributed by atoms with Gasteiger partial charge in [0.1, 0.15) is 17.5 Å². The lowest BCUT2D eigenvalue weighted by atomic mass is 10.2. The van der Waals surface area contributed by atoms with Gasteiger partial charge in [-0.1, -0.05) is 0 Å². The van der Waals surface area contributed by atoms with Crippen molar-refractivity contribution in [2.24, 2.45) is 0 Å². The Hall–Kier alpha value is -4.27. The number of anilines is 1. The molecular weight excluding hydrogens is 452 g/mol. The first kappa shape index (κ1) is 24.4. The number of benzene rings is 1. The zero-order valence-corrected chi connectivity index (χ0v) is 18.1. The highest BCUT2D eigenvalue weighted by Gasteiger charge is 2.47. The monoisotopic (exact) mass is 473 g/mol. The van der Waals surface area contributed by atoms with Crippen molar-refractivity contribution in [1.82, 2.24) is 15.2 Å². The van der Waals surface area contributed by atoms with E-state index in [2.05, 4.69) is 15.6 Å². The number of halogens is 2. The average Bonchev–Trinajstić information content (AvgIpc) is 3.16. The van der Waals surface area contributed by atoms with Crippen molar-refractivity contribution in [1.29, 1.82) is 5.26 Å². The van der Waals surface area contributed by atoms with Crippen molar-refractivity contribution < 1.29 is 32.6 Å². The van der Waals surface area contributed by atoms with E-state index >= 15 is 0 Å². The zero-order valence-electron chi connectivity index (χ0n) is 18.1. The smallest absolute Gasteiger partial charge is 0.268 e. The van der Waals surface area contributed by atoms with Gasteiger partial charge in [-0.3, -0.25) is 19.4 Å². The maximum absolute atomic E-state index is 13.5. The number of amides is 3. The molecule has 0 radical (unpaired) electrons. The maximum atomic E-state index is 13.5. The van der Waals surface area contributed by atoms with Gasteiger partial charge in [-0.25, -0.2) is 8.78 Å². The molecule has 1 unspecified atom stereocenters. The number of methoxy groups -OCH3 is 1. The summed E-state index contributed by atoms with van der Waals surface area (Å²) in [6.07, 6.45) is 1.81. The summed E-state index contributed by atoms with van der Waals surface area (Å²) in [6, 6.07) is 8.31. The van der Waals surface area contributed by atoms with E-state index in [0.717, 1.165) is 4.90 Å². The van der Waals surface area contributed by atoms with Crippen molar-refractivity contribution in [3.05, 3.63) is 48.3 Å². The molecule has 1 aliphatic heterocycles. The fraction of sp³-hybridized carbons (Fsp3) is 0.318. The van der Waals surface area contributed by atoms with Crippen LogP contribution < -0.4 is 20.1 Å². The summed E-state index contributed by atoms with van der Waals surface area (Å²) in [5, 5.41) is 13.8. The SMILES string of the molecule is COc1ccc(OCC(=O)Nc2cnccc2C(=O)NCC(=O)N2CC(F)(F)CC2C#N)cc1. The van der Waals surface area contributed by atoms with Crippen LogP contribution in [-0.4, -0.2) is 66.4 Å². The van der Waals surface area contributed by atoms with E-state index in [1.54, 1.807) is 30.3 Å². The van der Waals surface area contributed by atoms with Crippen molar-refractivity contribution >= 4 is 23.4 Å². The molecule has 0 spiro atoms. The number of nitrogens with one attached hydrogen (secondary N) is 2. The van der Waals surface area contributed by atoms with Crippen LogP contribution in [0, 0.1) is 11.3 Å². The molecule has 1 aromatic carbocycles. The molecule has 0 bridgehead atoms. The van der Waals surface area contributed by atoms with Crippen LogP contribution in [0.1, 0.15) is 16.8 Å². The summed E-state index contributed by atoms with van der Waals surface area (Å²) in [5.74, 6) is -4.21. The predicted octanol–water partition coefficient (Wildman–Crippen LogP) is 1.60. The third kappa shape index (κ3) is 6.16. The van der Waals surface area contributed by atoms with Gasteiger partial charge < -0.3 is 25.0 Å². The minimum absolute atomic E-state index is 0.00387. The molecule has 1 aliphatic rings.